The van der Waals surface area contributed by atoms with E-state index < -0.39 is 11.5 Å². The van der Waals surface area contributed by atoms with Gasteiger partial charge in [-0.15, -0.1) is 0 Å². The van der Waals surface area contributed by atoms with E-state index in [1.807, 2.05) is 0 Å². The lowest BCUT2D eigenvalue weighted by molar-refractivity contribution is -0.139. The van der Waals surface area contributed by atoms with Gasteiger partial charge in [0.15, 0.2) is 0 Å². The molecule has 2 rings (SSSR count). The minimum Gasteiger partial charge on any atom is -0.481 e. The van der Waals surface area contributed by atoms with Crippen LogP contribution < -0.4 is 0 Å². The van der Waals surface area contributed by atoms with E-state index in [1.54, 1.807) is 10.9 Å². The highest BCUT2D eigenvalue weighted by Gasteiger charge is 2.39. The third kappa shape index (κ3) is 1.98. The zero-order valence-corrected chi connectivity index (χ0v) is 8.78. The Bertz CT molecular complexity index is 371. The van der Waals surface area contributed by atoms with Gasteiger partial charge in [-0.25, -0.2) is 0 Å². The molecule has 82 valence electrons. The van der Waals surface area contributed by atoms with Gasteiger partial charge in [0.05, 0.1) is 29.8 Å². The minimum absolute atomic E-state index is 0.00497. The van der Waals surface area contributed by atoms with Gasteiger partial charge in [-0.2, -0.15) is 5.10 Å². The van der Waals surface area contributed by atoms with Crippen molar-refractivity contribution < 1.29 is 14.6 Å². The number of hydrogen-bond donors (Lipinski definition) is 1. The van der Waals surface area contributed by atoms with Crippen molar-refractivity contribution >= 4 is 17.6 Å². The molecule has 1 aromatic rings. The average Bonchev–Trinajstić information content (AvgIpc) is 2.73. The average molecular weight is 231 g/mol. The molecule has 0 amide bonds. The fourth-order valence-corrected chi connectivity index (χ4v) is 1.98. The van der Waals surface area contributed by atoms with Crippen LogP contribution in [0.25, 0.3) is 0 Å². The number of carbonyl (C=O) groups is 1. The number of carboxylic acids is 1. The molecular weight excluding hydrogens is 220 g/mol. The van der Waals surface area contributed by atoms with Crippen LogP contribution in [0.2, 0.25) is 5.02 Å². The number of ether oxygens (including phenoxy) is 1. The molecule has 1 atom stereocenters. The van der Waals surface area contributed by atoms with E-state index in [4.69, 9.17) is 21.4 Å². The van der Waals surface area contributed by atoms with Gasteiger partial charge in [0.2, 0.25) is 0 Å². The SMILES string of the molecule is O=C(O)CC1(n2cc(Cl)cn2)CCOC1. The number of carboxylic acid groups (broad SMARTS) is 1. The largest absolute Gasteiger partial charge is 0.481 e. The van der Waals surface area contributed by atoms with Crippen molar-refractivity contribution in [1.82, 2.24) is 9.78 Å². The van der Waals surface area contributed by atoms with Gasteiger partial charge in [-0.3, -0.25) is 9.48 Å². The first kappa shape index (κ1) is 10.4. The summed E-state index contributed by atoms with van der Waals surface area (Å²) in [4.78, 5) is 10.8. The van der Waals surface area contributed by atoms with Crippen LogP contribution in [-0.4, -0.2) is 34.1 Å². The number of hydrogen-bond acceptors (Lipinski definition) is 3. The van der Waals surface area contributed by atoms with E-state index in [1.165, 1.54) is 6.20 Å². The summed E-state index contributed by atoms with van der Waals surface area (Å²) in [6.07, 6.45) is 3.80. The van der Waals surface area contributed by atoms with Crippen LogP contribution in [0.15, 0.2) is 12.4 Å². The van der Waals surface area contributed by atoms with Gasteiger partial charge in [0, 0.05) is 12.8 Å². The molecule has 0 saturated carbocycles. The van der Waals surface area contributed by atoms with Gasteiger partial charge in [0.25, 0.3) is 0 Å². The standard InChI is InChI=1S/C9H11ClN2O3/c10-7-4-11-12(5-7)9(3-8(13)14)1-2-15-6-9/h4-5H,1-3,6H2,(H,13,14). The summed E-state index contributed by atoms with van der Waals surface area (Å²) in [5.74, 6) is -0.855. The Morgan fingerprint density at radius 3 is 3.07 bits per heavy atom. The van der Waals surface area contributed by atoms with Crippen LogP contribution in [0, 0.1) is 0 Å². The fraction of sp³-hybridized carbons (Fsp3) is 0.556. The maximum Gasteiger partial charge on any atom is 0.305 e. The quantitative estimate of drug-likeness (QED) is 0.846. The molecule has 6 heteroatoms. The predicted octanol–water partition coefficient (Wildman–Crippen LogP) is 1.13. The van der Waals surface area contributed by atoms with Crippen LogP contribution in [0.1, 0.15) is 12.8 Å². The Morgan fingerprint density at radius 1 is 1.80 bits per heavy atom. The van der Waals surface area contributed by atoms with Crippen molar-refractivity contribution in [2.45, 2.75) is 18.4 Å². The molecule has 1 fully saturated rings. The predicted molar refractivity (Wildman–Crippen MR) is 52.9 cm³/mol. The highest BCUT2D eigenvalue weighted by molar-refractivity contribution is 6.30. The number of nitrogens with zero attached hydrogens (tertiary/aromatic N) is 2. The van der Waals surface area contributed by atoms with E-state index in [2.05, 4.69) is 5.10 Å². The van der Waals surface area contributed by atoms with E-state index in [0.29, 0.717) is 24.7 Å². The van der Waals surface area contributed by atoms with Gasteiger partial charge < -0.3 is 9.84 Å². The number of halogens is 1. The normalized spacial score (nSPS) is 25.7. The smallest absolute Gasteiger partial charge is 0.305 e. The highest BCUT2D eigenvalue weighted by atomic mass is 35.5. The molecule has 5 nitrogen and oxygen atoms in total. The van der Waals surface area contributed by atoms with E-state index in [0.717, 1.165) is 0 Å². The summed E-state index contributed by atoms with van der Waals surface area (Å²) in [6.45, 7) is 0.933. The van der Waals surface area contributed by atoms with Gasteiger partial charge in [-0.1, -0.05) is 11.6 Å². The molecule has 1 saturated heterocycles. The summed E-state index contributed by atoms with van der Waals surface area (Å²) in [5, 5.41) is 13.4. The maximum atomic E-state index is 10.8. The molecule has 0 aliphatic carbocycles. The molecule has 2 heterocycles. The third-order valence-corrected chi connectivity index (χ3v) is 2.80. The summed E-state index contributed by atoms with van der Waals surface area (Å²) >= 11 is 5.77. The van der Waals surface area contributed by atoms with E-state index >= 15 is 0 Å². The van der Waals surface area contributed by atoms with Crippen molar-refractivity contribution in [2.24, 2.45) is 0 Å². The number of rotatable bonds is 3. The molecular formula is C9H11ClN2O3. The van der Waals surface area contributed by atoms with Crippen molar-refractivity contribution in [3.8, 4) is 0 Å². The van der Waals surface area contributed by atoms with Gasteiger partial charge >= 0.3 is 5.97 Å². The fourth-order valence-electron chi connectivity index (χ4n) is 1.84. The topological polar surface area (TPSA) is 64.3 Å². The molecule has 1 unspecified atom stereocenters. The number of aromatic nitrogens is 2. The summed E-state index contributed by atoms with van der Waals surface area (Å²) < 4.78 is 6.87. The van der Waals surface area contributed by atoms with Crippen LogP contribution >= 0.6 is 11.6 Å². The molecule has 1 aliphatic heterocycles. The maximum absolute atomic E-state index is 10.8. The zero-order valence-electron chi connectivity index (χ0n) is 8.02. The molecule has 15 heavy (non-hydrogen) atoms. The zero-order chi connectivity index (χ0) is 10.9. The Morgan fingerprint density at radius 2 is 2.60 bits per heavy atom. The van der Waals surface area contributed by atoms with Crippen LogP contribution in [0.4, 0.5) is 0 Å². The van der Waals surface area contributed by atoms with Crippen molar-refractivity contribution in [3.05, 3.63) is 17.4 Å². The third-order valence-electron chi connectivity index (χ3n) is 2.60. The lowest BCUT2D eigenvalue weighted by atomic mass is 9.95. The Hall–Kier alpha value is -1.07. The van der Waals surface area contributed by atoms with Crippen molar-refractivity contribution in [3.63, 3.8) is 0 Å². The molecule has 0 aromatic carbocycles. The van der Waals surface area contributed by atoms with Crippen molar-refractivity contribution in [1.29, 1.82) is 0 Å². The van der Waals surface area contributed by atoms with E-state index in [-0.39, 0.29) is 6.42 Å². The Kier molecular flexibility index (Phi) is 2.67. The lowest BCUT2D eigenvalue weighted by Gasteiger charge is -2.25. The van der Waals surface area contributed by atoms with E-state index in [9.17, 15) is 4.79 Å². The first-order valence-electron chi connectivity index (χ1n) is 4.63. The summed E-state index contributed by atoms with van der Waals surface area (Å²) in [6, 6.07) is 0. The van der Waals surface area contributed by atoms with Crippen LogP contribution in [-0.2, 0) is 15.1 Å². The minimum atomic E-state index is -0.855. The summed E-state index contributed by atoms with van der Waals surface area (Å²) in [5.41, 5.74) is -0.570. The Labute approximate surface area is 91.6 Å². The molecule has 1 aromatic heterocycles. The molecule has 1 N–H and O–H groups in total. The van der Waals surface area contributed by atoms with Gasteiger partial charge in [-0.05, 0) is 6.42 Å². The highest BCUT2D eigenvalue weighted by Crippen LogP contribution is 2.31. The Balaban J connectivity index is 2.29. The van der Waals surface area contributed by atoms with Crippen LogP contribution in [0.3, 0.4) is 0 Å². The molecule has 0 bridgehead atoms. The first-order valence-corrected chi connectivity index (χ1v) is 5.00. The second kappa shape index (κ2) is 3.83. The molecule has 0 spiro atoms. The monoisotopic (exact) mass is 230 g/mol. The molecule has 0 radical (unpaired) electrons. The van der Waals surface area contributed by atoms with Crippen molar-refractivity contribution in [2.75, 3.05) is 13.2 Å². The number of aliphatic carboxylic acids is 1. The molecule has 1 aliphatic rings. The second-order valence-corrected chi connectivity index (χ2v) is 4.14. The van der Waals surface area contributed by atoms with Gasteiger partial charge in [0.1, 0.15) is 0 Å². The van der Waals surface area contributed by atoms with Crippen LogP contribution in [0.5, 0.6) is 0 Å². The lowest BCUT2D eigenvalue weighted by Crippen LogP contribution is -2.37. The summed E-state index contributed by atoms with van der Waals surface area (Å²) in [7, 11) is 0. The second-order valence-electron chi connectivity index (χ2n) is 3.70. The first-order chi connectivity index (χ1) is 7.12.